The van der Waals surface area contributed by atoms with Crippen LogP contribution >= 0.6 is 23.2 Å². The summed E-state index contributed by atoms with van der Waals surface area (Å²) in [4.78, 5) is 16.8. The van der Waals surface area contributed by atoms with E-state index in [1.807, 2.05) is 75.1 Å². The highest BCUT2D eigenvalue weighted by Gasteiger charge is 2.53. The van der Waals surface area contributed by atoms with E-state index in [-0.39, 0.29) is 35.8 Å². The number of piperidine rings is 1. The Morgan fingerprint density at radius 2 is 1.71 bits per heavy atom. The van der Waals surface area contributed by atoms with Gasteiger partial charge in [0.25, 0.3) is 0 Å². The molecule has 0 radical (unpaired) electrons. The molecule has 0 N–H and O–H groups in total. The third kappa shape index (κ3) is 7.30. The predicted octanol–water partition coefficient (Wildman–Crippen LogP) is 7.59. The van der Waals surface area contributed by atoms with Crippen LogP contribution in [0.4, 0.5) is 0 Å². The minimum atomic E-state index is -3.29. The lowest BCUT2D eigenvalue weighted by atomic mass is 9.66. The molecule has 2 aliphatic rings. The molecule has 4 rings (SSSR count). The summed E-state index contributed by atoms with van der Waals surface area (Å²) in [5, 5.41) is 0.769. The summed E-state index contributed by atoms with van der Waals surface area (Å²) < 4.78 is 37.8. The lowest BCUT2D eigenvalue weighted by Crippen LogP contribution is -2.56. The van der Waals surface area contributed by atoms with Crippen LogP contribution in [0.1, 0.15) is 90.3 Å². The SMILES string of the molecule is CCC(CCS(=O)(=O)C(C)C)N1C(=O)[C@@](C)(C[C@H]2COC(C)(C)O2)C[C@H](c2cccc(Cl)c2)[C@H]1c1ccc(Cl)cc1. The van der Waals surface area contributed by atoms with Gasteiger partial charge < -0.3 is 14.4 Å². The molecule has 2 aliphatic heterocycles. The summed E-state index contributed by atoms with van der Waals surface area (Å²) in [5.41, 5.74) is 1.23. The normalized spacial score (nSPS) is 27.4. The molecule has 2 aromatic rings. The van der Waals surface area contributed by atoms with Crippen LogP contribution in [0.25, 0.3) is 0 Å². The maximum Gasteiger partial charge on any atom is 0.229 e. The van der Waals surface area contributed by atoms with Gasteiger partial charge in [0, 0.05) is 27.4 Å². The van der Waals surface area contributed by atoms with E-state index in [0.29, 0.717) is 42.3 Å². The molecule has 0 aromatic heterocycles. The van der Waals surface area contributed by atoms with Gasteiger partial charge in [0.15, 0.2) is 15.6 Å². The van der Waals surface area contributed by atoms with Crippen molar-refractivity contribution in [2.75, 3.05) is 12.4 Å². The number of ether oxygens (including phenoxy) is 2. The van der Waals surface area contributed by atoms with Gasteiger partial charge >= 0.3 is 0 Å². The van der Waals surface area contributed by atoms with Crippen LogP contribution < -0.4 is 0 Å². The highest BCUT2D eigenvalue weighted by atomic mass is 35.5. The van der Waals surface area contributed by atoms with Crippen molar-refractivity contribution in [1.29, 1.82) is 0 Å². The van der Waals surface area contributed by atoms with Gasteiger partial charge in [-0.25, -0.2) is 8.42 Å². The van der Waals surface area contributed by atoms with Gasteiger partial charge in [-0.15, -0.1) is 0 Å². The number of sulfone groups is 1. The highest BCUT2D eigenvalue weighted by Crippen LogP contribution is 2.53. The van der Waals surface area contributed by atoms with Crippen LogP contribution in [0, 0.1) is 5.41 Å². The maximum absolute atomic E-state index is 14.8. The third-order valence-corrected chi connectivity index (χ3v) is 11.4. The summed E-state index contributed by atoms with van der Waals surface area (Å²) in [7, 11) is -3.29. The van der Waals surface area contributed by atoms with Crippen LogP contribution in [0.5, 0.6) is 0 Å². The van der Waals surface area contributed by atoms with Crippen LogP contribution in [0.15, 0.2) is 48.5 Å². The van der Waals surface area contributed by atoms with Gasteiger partial charge in [0.05, 0.1) is 29.8 Å². The van der Waals surface area contributed by atoms with Gasteiger partial charge in [-0.3, -0.25) is 4.79 Å². The molecule has 226 valence electrons. The molecule has 0 spiro atoms. The Morgan fingerprint density at radius 3 is 2.27 bits per heavy atom. The first-order chi connectivity index (χ1) is 19.2. The number of halogens is 2. The molecular weight excluding hydrogens is 581 g/mol. The molecule has 0 aliphatic carbocycles. The van der Waals surface area contributed by atoms with Crippen molar-refractivity contribution in [3.8, 4) is 0 Å². The molecule has 41 heavy (non-hydrogen) atoms. The molecule has 1 amide bonds. The van der Waals surface area contributed by atoms with Gasteiger partial charge in [-0.2, -0.15) is 0 Å². The number of likely N-dealkylation sites (tertiary alicyclic amines) is 1. The topological polar surface area (TPSA) is 72.9 Å². The molecule has 0 saturated carbocycles. The minimum Gasteiger partial charge on any atom is -0.348 e. The quantitative estimate of drug-likeness (QED) is 0.272. The summed E-state index contributed by atoms with van der Waals surface area (Å²) in [6.07, 6.45) is 1.83. The van der Waals surface area contributed by atoms with E-state index in [2.05, 4.69) is 6.07 Å². The fourth-order valence-corrected chi connectivity index (χ4v) is 7.81. The zero-order chi connectivity index (χ0) is 30.2. The second-order valence-corrected chi connectivity index (χ2v) is 16.1. The molecule has 6 nitrogen and oxygen atoms in total. The largest absolute Gasteiger partial charge is 0.348 e. The van der Waals surface area contributed by atoms with Crippen LogP contribution in [0.2, 0.25) is 10.0 Å². The van der Waals surface area contributed by atoms with E-state index in [4.69, 9.17) is 32.7 Å². The van der Waals surface area contributed by atoms with Crippen molar-refractivity contribution in [1.82, 2.24) is 4.90 Å². The fraction of sp³-hybridized carbons (Fsp3) is 0.594. The number of hydrogen-bond donors (Lipinski definition) is 0. The first kappa shape index (κ1) is 32.3. The highest BCUT2D eigenvalue weighted by molar-refractivity contribution is 7.91. The lowest BCUT2D eigenvalue weighted by Gasteiger charge is -2.52. The fourth-order valence-electron chi connectivity index (χ4n) is 6.41. The van der Waals surface area contributed by atoms with Crippen molar-refractivity contribution >= 4 is 38.9 Å². The van der Waals surface area contributed by atoms with Crippen LogP contribution in [-0.4, -0.2) is 54.8 Å². The van der Waals surface area contributed by atoms with Crippen LogP contribution in [-0.2, 0) is 24.1 Å². The third-order valence-electron chi connectivity index (χ3n) is 8.65. The average molecular weight is 625 g/mol. The number of hydrogen-bond acceptors (Lipinski definition) is 5. The van der Waals surface area contributed by atoms with Gasteiger partial charge in [-0.05, 0) is 88.8 Å². The van der Waals surface area contributed by atoms with Crippen LogP contribution in [0.3, 0.4) is 0 Å². The molecular formula is C32H43Cl2NO5S. The Kier molecular flexibility index (Phi) is 9.87. The molecule has 0 bridgehead atoms. The summed E-state index contributed by atoms with van der Waals surface area (Å²) in [6.45, 7) is 11.6. The monoisotopic (exact) mass is 623 g/mol. The van der Waals surface area contributed by atoms with Crippen molar-refractivity contribution in [3.63, 3.8) is 0 Å². The smallest absolute Gasteiger partial charge is 0.229 e. The van der Waals surface area contributed by atoms with Crippen molar-refractivity contribution in [2.45, 2.75) is 102 Å². The summed E-state index contributed by atoms with van der Waals surface area (Å²) in [5.74, 6) is -0.762. The van der Waals surface area contributed by atoms with E-state index in [1.165, 1.54) is 0 Å². The predicted molar refractivity (Wildman–Crippen MR) is 165 cm³/mol. The molecule has 1 unspecified atom stereocenters. The number of amides is 1. The first-order valence-electron chi connectivity index (χ1n) is 14.5. The maximum atomic E-state index is 14.8. The van der Waals surface area contributed by atoms with E-state index >= 15 is 0 Å². The number of carbonyl (C=O) groups is 1. The van der Waals surface area contributed by atoms with E-state index in [1.54, 1.807) is 13.8 Å². The number of rotatable bonds is 10. The Hall–Kier alpha value is -1.64. The molecule has 2 fully saturated rings. The van der Waals surface area contributed by atoms with E-state index < -0.39 is 26.3 Å². The van der Waals surface area contributed by atoms with Crippen molar-refractivity contribution in [3.05, 3.63) is 69.7 Å². The Morgan fingerprint density at radius 1 is 1.02 bits per heavy atom. The van der Waals surface area contributed by atoms with E-state index in [9.17, 15) is 13.2 Å². The Bertz CT molecular complexity index is 1330. The van der Waals surface area contributed by atoms with E-state index in [0.717, 1.165) is 11.1 Å². The number of nitrogens with zero attached hydrogens (tertiary/aromatic N) is 1. The van der Waals surface area contributed by atoms with Gasteiger partial charge in [0.2, 0.25) is 5.91 Å². The molecule has 2 saturated heterocycles. The average Bonchev–Trinajstić information content (AvgIpc) is 3.24. The van der Waals surface area contributed by atoms with Crippen molar-refractivity contribution < 1.29 is 22.7 Å². The van der Waals surface area contributed by atoms with Crippen molar-refractivity contribution in [2.24, 2.45) is 5.41 Å². The summed E-state index contributed by atoms with van der Waals surface area (Å²) in [6, 6.07) is 14.9. The van der Waals surface area contributed by atoms with Gasteiger partial charge in [0.1, 0.15) is 0 Å². The molecule has 9 heteroatoms. The zero-order valence-corrected chi connectivity index (χ0v) is 27.2. The Balaban J connectivity index is 1.83. The first-order valence-corrected chi connectivity index (χ1v) is 17.0. The Labute approximate surface area is 255 Å². The standard InChI is InChI=1S/C32H43Cl2NO5S/c1-7-26(15-16-41(37,38)21(2)3)35-29(22-11-13-24(33)14-12-22)28(23-9-8-10-25(34)17-23)19-32(6,30(35)36)18-27-20-39-31(4,5)40-27/h8-14,17,21,26-29H,7,15-16,18-20H2,1-6H3/t26?,27-,28+,29+,32-/m0/s1. The molecule has 5 atom stereocenters. The second kappa shape index (κ2) is 12.5. The second-order valence-electron chi connectivity index (χ2n) is 12.6. The van der Waals surface area contributed by atoms with Gasteiger partial charge in [-0.1, -0.05) is 61.3 Å². The molecule has 2 heterocycles. The minimum absolute atomic E-state index is 0.0119. The lowest BCUT2D eigenvalue weighted by molar-refractivity contribution is -0.163. The number of carbonyl (C=O) groups excluding carboxylic acids is 1. The number of benzene rings is 2. The zero-order valence-electron chi connectivity index (χ0n) is 24.9. The molecule has 2 aromatic carbocycles. The summed E-state index contributed by atoms with van der Waals surface area (Å²) >= 11 is 12.8.